The zero-order valence-corrected chi connectivity index (χ0v) is 10.2. The molecule has 2 N–H and O–H groups in total. The fraction of sp³-hybridized carbons (Fsp3) is 0.308. The highest BCUT2D eigenvalue weighted by molar-refractivity contribution is 6.00. The number of hydrogen-bond donors (Lipinski definition) is 1. The van der Waals surface area contributed by atoms with E-state index in [1.54, 1.807) is 0 Å². The molecule has 100 valence electrons. The van der Waals surface area contributed by atoms with Crippen molar-refractivity contribution in [2.75, 3.05) is 0 Å². The van der Waals surface area contributed by atoms with Gasteiger partial charge in [0.25, 0.3) is 5.91 Å². The first-order valence-corrected chi connectivity index (χ1v) is 5.92. The van der Waals surface area contributed by atoms with Crippen molar-refractivity contribution in [1.29, 1.82) is 0 Å². The molecule has 1 aliphatic rings. The quantitative estimate of drug-likeness (QED) is 0.816. The van der Waals surface area contributed by atoms with Gasteiger partial charge in [-0.2, -0.15) is 0 Å². The molecule has 1 aromatic rings. The summed E-state index contributed by atoms with van der Waals surface area (Å²) in [6, 6.07) is 9.14. The Bertz CT molecular complexity index is 501. The van der Waals surface area contributed by atoms with Crippen molar-refractivity contribution in [2.24, 2.45) is 5.73 Å². The zero-order valence-electron chi connectivity index (χ0n) is 10.2. The molecule has 0 saturated carbocycles. The lowest BCUT2D eigenvalue weighted by molar-refractivity contribution is -0.156. The molecule has 0 aliphatic carbocycles. The lowest BCUT2D eigenvalue weighted by Gasteiger charge is -2.29. The van der Waals surface area contributed by atoms with Crippen LogP contribution in [0.25, 0.3) is 0 Å². The van der Waals surface area contributed by atoms with Crippen molar-refractivity contribution >= 4 is 17.9 Å². The number of rotatable bonds is 3. The molecule has 3 amide bonds. The molecule has 6 heteroatoms. The molecule has 0 spiro atoms. The largest absolute Gasteiger partial charge is 0.436 e. The lowest BCUT2D eigenvalue weighted by Crippen LogP contribution is -2.49. The first-order valence-electron chi connectivity index (χ1n) is 5.92. The van der Waals surface area contributed by atoms with Crippen LogP contribution in [0.4, 0.5) is 4.79 Å². The molecule has 19 heavy (non-hydrogen) atoms. The smallest absolute Gasteiger partial charge is 0.405 e. The third kappa shape index (κ3) is 3.09. The van der Waals surface area contributed by atoms with Crippen LogP contribution >= 0.6 is 0 Å². The highest BCUT2D eigenvalue weighted by atomic mass is 16.6. The van der Waals surface area contributed by atoms with Crippen molar-refractivity contribution in [2.45, 2.75) is 25.5 Å². The number of nitrogens with two attached hydrogens (primary N) is 1. The third-order valence-corrected chi connectivity index (χ3v) is 2.90. The molecule has 1 heterocycles. The Hall–Kier alpha value is -2.37. The van der Waals surface area contributed by atoms with Gasteiger partial charge in [0.1, 0.15) is 0 Å². The fourth-order valence-corrected chi connectivity index (χ4v) is 1.99. The van der Waals surface area contributed by atoms with E-state index in [0.29, 0.717) is 0 Å². The number of carbonyl (C=O) groups is 3. The van der Waals surface area contributed by atoms with Crippen LogP contribution in [0.3, 0.4) is 0 Å². The van der Waals surface area contributed by atoms with Crippen molar-refractivity contribution in [3.05, 3.63) is 35.9 Å². The summed E-state index contributed by atoms with van der Waals surface area (Å²) < 4.78 is 4.72. The van der Waals surface area contributed by atoms with E-state index in [0.717, 1.165) is 10.5 Å². The number of carbonyl (C=O) groups excluding carboxylic acids is 3. The summed E-state index contributed by atoms with van der Waals surface area (Å²) >= 11 is 0. The second-order valence-electron chi connectivity index (χ2n) is 4.27. The molecule has 1 fully saturated rings. The highest BCUT2D eigenvalue weighted by Gasteiger charge is 2.36. The number of benzene rings is 1. The zero-order chi connectivity index (χ0) is 13.8. The number of amides is 3. The maximum Gasteiger partial charge on any atom is 0.405 e. The van der Waals surface area contributed by atoms with Crippen molar-refractivity contribution < 1.29 is 19.1 Å². The van der Waals surface area contributed by atoms with Crippen LogP contribution in [0, 0.1) is 0 Å². The Morgan fingerprint density at radius 2 is 2.00 bits per heavy atom. The Kier molecular flexibility index (Phi) is 3.79. The van der Waals surface area contributed by atoms with Crippen molar-refractivity contribution in [3.8, 4) is 0 Å². The average molecular weight is 262 g/mol. The van der Waals surface area contributed by atoms with Gasteiger partial charge >= 0.3 is 6.09 Å². The van der Waals surface area contributed by atoms with Crippen LogP contribution in [0.1, 0.15) is 18.4 Å². The molecular formula is C13H14N2O4. The molecule has 0 radical (unpaired) electrons. The predicted molar refractivity (Wildman–Crippen MR) is 65.7 cm³/mol. The van der Waals surface area contributed by atoms with Crippen LogP contribution in [0.2, 0.25) is 0 Å². The Morgan fingerprint density at radius 3 is 2.63 bits per heavy atom. The first kappa shape index (κ1) is 13.1. The number of primary amides is 1. The summed E-state index contributed by atoms with van der Waals surface area (Å²) in [5.41, 5.74) is 5.74. The van der Waals surface area contributed by atoms with Crippen LogP contribution in [-0.4, -0.2) is 28.9 Å². The van der Waals surface area contributed by atoms with E-state index in [1.165, 1.54) is 0 Å². The van der Waals surface area contributed by atoms with Crippen LogP contribution in [0.5, 0.6) is 0 Å². The summed E-state index contributed by atoms with van der Waals surface area (Å²) in [5, 5.41) is 0. The van der Waals surface area contributed by atoms with Gasteiger partial charge in [0.15, 0.2) is 6.10 Å². The average Bonchev–Trinajstić information content (AvgIpc) is 2.39. The van der Waals surface area contributed by atoms with E-state index in [-0.39, 0.29) is 25.3 Å². The lowest BCUT2D eigenvalue weighted by atomic mass is 10.1. The van der Waals surface area contributed by atoms with E-state index < -0.39 is 18.1 Å². The topological polar surface area (TPSA) is 89.7 Å². The standard InChI is InChI=1S/C13H14N2O4/c14-13(18)19-10-6-7-11(16)15(12(10)17)8-9-4-2-1-3-5-9/h1-5,10H,6-8H2,(H2,14,18). The van der Waals surface area contributed by atoms with Gasteiger partial charge in [-0.25, -0.2) is 4.79 Å². The van der Waals surface area contributed by atoms with Crippen LogP contribution in [0.15, 0.2) is 30.3 Å². The number of nitrogens with zero attached hydrogens (tertiary/aromatic N) is 1. The predicted octanol–water partition coefficient (Wildman–Crippen LogP) is 0.799. The van der Waals surface area contributed by atoms with Gasteiger partial charge in [-0.3, -0.25) is 14.5 Å². The Balaban J connectivity index is 2.11. The maximum absolute atomic E-state index is 12.0. The van der Waals surface area contributed by atoms with E-state index in [1.807, 2.05) is 30.3 Å². The van der Waals surface area contributed by atoms with E-state index in [2.05, 4.69) is 0 Å². The second kappa shape index (κ2) is 5.51. The molecule has 1 aliphatic heterocycles. The number of imide groups is 1. The number of ether oxygens (including phenoxy) is 1. The molecule has 0 bridgehead atoms. The minimum atomic E-state index is -1.01. The van der Waals surface area contributed by atoms with E-state index in [4.69, 9.17) is 10.5 Å². The SMILES string of the molecule is NC(=O)OC1CCC(=O)N(Cc2ccccc2)C1=O. The van der Waals surface area contributed by atoms with Crippen molar-refractivity contribution in [3.63, 3.8) is 0 Å². The maximum atomic E-state index is 12.0. The fourth-order valence-electron chi connectivity index (χ4n) is 1.99. The molecule has 1 saturated heterocycles. The van der Waals surface area contributed by atoms with Gasteiger partial charge in [-0.1, -0.05) is 30.3 Å². The van der Waals surface area contributed by atoms with Gasteiger partial charge in [-0.15, -0.1) is 0 Å². The van der Waals surface area contributed by atoms with Crippen molar-refractivity contribution in [1.82, 2.24) is 4.90 Å². The molecular weight excluding hydrogens is 248 g/mol. The van der Waals surface area contributed by atoms with Gasteiger partial charge in [0, 0.05) is 12.8 Å². The Morgan fingerprint density at radius 1 is 1.32 bits per heavy atom. The summed E-state index contributed by atoms with van der Waals surface area (Å²) in [6.45, 7) is 0.178. The molecule has 1 atom stereocenters. The minimum absolute atomic E-state index is 0.163. The summed E-state index contributed by atoms with van der Waals surface area (Å²) in [4.78, 5) is 35.6. The summed E-state index contributed by atoms with van der Waals surface area (Å²) in [5.74, 6) is -0.780. The number of likely N-dealkylation sites (tertiary alicyclic amines) is 1. The van der Waals surface area contributed by atoms with Gasteiger partial charge in [-0.05, 0) is 5.56 Å². The second-order valence-corrected chi connectivity index (χ2v) is 4.27. The molecule has 2 rings (SSSR count). The Labute approximate surface area is 110 Å². The normalized spacial score (nSPS) is 19.4. The monoisotopic (exact) mass is 262 g/mol. The van der Waals surface area contributed by atoms with Gasteiger partial charge in [0.05, 0.1) is 6.54 Å². The molecule has 1 aromatic carbocycles. The first-order chi connectivity index (χ1) is 9.08. The molecule has 6 nitrogen and oxygen atoms in total. The van der Waals surface area contributed by atoms with Gasteiger partial charge < -0.3 is 10.5 Å². The van der Waals surface area contributed by atoms with Gasteiger partial charge in [0.2, 0.25) is 5.91 Å². The highest BCUT2D eigenvalue weighted by Crippen LogP contribution is 2.18. The third-order valence-electron chi connectivity index (χ3n) is 2.90. The van der Waals surface area contributed by atoms with Crippen LogP contribution in [-0.2, 0) is 20.9 Å². The van der Waals surface area contributed by atoms with E-state index >= 15 is 0 Å². The minimum Gasteiger partial charge on any atom is -0.436 e. The molecule has 0 aromatic heterocycles. The van der Waals surface area contributed by atoms with Crippen LogP contribution < -0.4 is 5.73 Å². The summed E-state index contributed by atoms with van der Waals surface area (Å²) in [7, 11) is 0. The number of piperidine rings is 1. The van der Waals surface area contributed by atoms with E-state index in [9.17, 15) is 14.4 Å². The summed E-state index contributed by atoms with van der Waals surface area (Å²) in [6.07, 6.45) is -1.62. The molecule has 1 unspecified atom stereocenters. The number of hydrogen-bond acceptors (Lipinski definition) is 4.